The molecule has 2 saturated heterocycles. The molecular weight excluding hydrogens is 588 g/mol. The highest BCUT2D eigenvalue weighted by Gasteiger charge is 2.49. The van der Waals surface area contributed by atoms with Gasteiger partial charge in [0.1, 0.15) is 35.7 Å². The number of fused-ring (bicyclic) bond motifs is 3. The third-order valence-corrected chi connectivity index (χ3v) is 9.36. The second-order valence-electron chi connectivity index (χ2n) is 12.2. The summed E-state index contributed by atoms with van der Waals surface area (Å²) in [5, 5.41) is 44.1. The van der Waals surface area contributed by atoms with Crippen LogP contribution in [0.4, 0.5) is 0 Å². The van der Waals surface area contributed by atoms with E-state index >= 15 is 0 Å². The molecule has 0 saturated carbocycles. The van der Waals surface area contributed by atoms with Gasteiger partial charge in [-0.3, -0.25) is 24.1 Å². The number of ether oxygens (including phenoxy) is 3. The van der Waals surface area contributed by atoms with Gasteiger partial charge in [0.25, 0.3) is 0 Å². The summed E-state index contributed by atoms with van der Waals surface area (Å²) in [6.07, 6.45) is -1.26. The van der Waals surface area contributed by atoms with Crippen molar-refractivity contribution in [2.45, 2.75) is 82.5 Å². The van der Waals surface area contributed by atoms with Crippen LogP contribution in [0.15, 0.2) is 18.2 Å². The lowest BCUT2D eigenvalue weighted by molar-refractivity contribution is -0.226. The smallest absolute Gasteiger partial charge is 0.202 e. The number of phenolic OH excluding ortho intramolecular Hbond substituents is 2. The fourth-order valence-corrected chi connectivity index (χ4v) is 6.83. The standard InChI is InChI=1S/C32H36N2O11/c1-15-27(36)19(33-42)11-22(44-15)45-21-13-32(41,16(2)35)12-18-24(21)31(40)26-25(29(18)38)28(37)17-7-6-8-20(23(17)30(26)39)43-14-34-9-4-3-5-10-34/h6-8,15,19,21-22,33,38,40-42H,3-5,9-14H2,1-2H3/t15?,19?,21-,22?,32-/m0/s1. The minimum Gasteiger partial charge on any atom is -0.507 e. The first kappa shape index (κ1) is 31.3. The van der Waals surface area contributed by atoms with Crippen LogP contribution in [0, 0.1) is 0 Å². The van der Waals surface area contributed by atoms with Crippen LogP contribution in [0.25, 0.3) is 0 Å². The summed E-state index contributed by atoms with van der Waals surface area (Å²) in [7, 11) is 0. The van der Waals surface area contributed by atoms with Gasteiger partial charge in [0.2, 0.25) is 5.78 Å². The molecule has 2 fully saturated rings. The Kier molecular flexibility index (Phi) is 8.27. The van der Waals surface area contributed by atoms with Gasteiger partial charge < -0.3 is 34.7 Å². The zero-order valence-corrected chi connectivity index (χ0v) is 25.0. The summed E-state index contributed by atoms with van der Waals surface area (Å²) >= 11 is 0. The maximum Gasteiger partial charge on any atom is 0.202 e. The van der Waals surface area contributed by atoms with Crippen molar-refractivity contribution in [2.75, 3.05) is 19.8 Å². The predicted molar refractivity (Wildman–Crippen MR) is 154 cm³/mol. The maximum absolute atomic E-state index is 14.1. The van der Waals surface area contributed by atoms with Crippen LogP contribution < -0.4 is 10.2 Å². The summed E-state index contributed by atoms with van der Waals surface area (Å²) in [4.78, 5) is 55.1. The molecule has 0 bridgehead atoms. The normalized spacial score (nSPS) is 28.3. The number of hydrogen-bond acceptors (Lipinski definition) is 13. The Bertz CT molecular complexity index is 1580. The molecule has 240 valence electrons. The number of carbonyl (C=O) groups excluding carboxylic acids is 4. The molecule has 2 aliphatic heterocycles. The highest BCUT2D eigenvalue weighted by atomic mass is 16.7. The molecular formula is C32H36N2O11. The highest BCUT2D eigenvalue weighted by molar-refractivity contribution is 6.31. The molecule has 2 heterocycles. The molecule has 2 aliphatic carbocycles. The van der Waals surface area contributed by atoms with E-state index in [0.717, 1.165) is 39.3 Å². The van der Waals surface area contributed by atoms with Gasteiger partial charge in [-0.25, -0.2) is 0 Å². The van der Waals surface area contributed by atoms with Crippen molar-refractivity contribution in [3.05, 3.63) is 51.6 Å². The molecule has 13 nitrogen and oxygen atoms in total. The van der Waals surface area contributed by atoms with E-state index in [1.165, 1.54) is 13.0 Å². The molecule has 0 radical (unpaired) electrons. The Balaban J connectivity index is 1.42. The van der Waals surface area contributed by atoms with Crippen LogP contribution >= 0.6 is 0 Å². The number of hydrogen-bond donors (Lipinski definition) is 5. The molecule has 6 rings (SSSR count). The van der Waals surface area contributed by atoms with Gasteiger partial charge in [-0.05, 0) is 32.8 Å². The number of ketones is 4. The maximum atomic E-state index is 14.1. The van der Waals surface area contributed by atoms with E-state index < -0.39 is 82.3 Å². The summed E-state index contributed by atoms with van der Waals surface area (Å²) in [5.74, 6) is -3.67. The zero-order chi connectivity index (χ0) is 32.2. The number of nitrogens with zero attached hydrogens (tertiary/aromatic N) is 1. The number of rotatable bonds is 7. The topological polar surface area (TPSA) is 192 Å². The zero-order valence-electron chi connectivity index (χ0n) is 25.0. The van der Waals surface area contributed by atoms with Crippen molar-refractivity contribution in [3.8, 4) is 17.2 Å². The minimum absolute atomic E-state index is 0.0134. The Morgan fingerprint density at radius 3 is 2.47 bits per heavy atom. The van der Waals surface area contributed by atoms with Crippen molar-refractivity contribution in [3.63, 3.8) is 0 Å². The molecule has 0 spiro atoms. The molecule has 5 N–H and O–H groups in total. The third kappa shape index (κ3) is 5.33. The van der Waals surface area contributed by atoms with Crippen LogP contribution in [0.3, 0.4) is 0 Å². The third-order valence-electron chi connectivity index (χ3n) is 9.36. The number of nitrogens with one attached hydrogen (secondary N) is 1. The second kappa shape index (κ2) is 11.9. The van der Waals surface area contributed by atoms with E-state index in [0.29, 0.717) is 0 Å². The molecule has 13 heteroatoms. The molecule has 3 unspecified atom stereocenters. The van der Waals surface area contributed by atoms with Crippen LogP contribution in [0.2, 0.25) is 0 Å². The fourth-order valence-electron chi connectivity index (χ4n) is 6.83. The number of hydroxylamine groups is 1. The predicted octanol–water partition coefficient (Wildman–Crippen LogP) is 2.07. The van der Waals surface area contributed by atoms with Crippen molar-refractivity contribution >= 4 is 23.1 Å². The molecule has 0 amide bonds. The molecule has 5 atom stereocenters. The van der Waals surface area contributed by atoms with E-state index in [1.807, 2.05) is 5.48 Å². The number of carbonyl (C=O) groups is 4. The molecule has 45 heavy (non-hydrogen) atoms. The number of piperidine rings is 1. The van der Waals surface area contributed by atoms with Crippen LogP contribution in [0.1, 0.15) is 95.0 Å². The van der Waals surface area contributed by atoms with E-state index in [1.54, 1.807) is 12.1 Å². The number of aliphatic hydroxyl groups is 1. The van der Waals surface area contributed by atoms with Crippen LogP contribution in [-0.4, -0.2) is 92.4 Å². The Morgan fingerprint density at radius 1 is 1.07 bits per heavy atom. The van der Waals surface area contributed by atoms with Gasteiger partial charge >= 0.3 is 0 Å². The molecule has 2 aromatic carbocycles. The lowest BCUT2D eigenvalue weighted by Crippen LogP contribution is -2.51. The number of benzene rings is 2. The quantitative estimate of drug-likeness (QED) is 0.190. The largest absolute Gasteiger partial charge is 0.507 e. The van der Waals surface area contributed by atoms with Crippen molar-refractivity contribution in [1.29, 1.82) is 0 Å². The first-order chi connectivity index (χ1) is 21.4. The van der Waals surface area contributed by atoms with Crippen molar-refractivity contribution in [2.24, 2.45) is 0 Å². The molecule has 2 aromatic rings. The van der Waals surface area contributed by atoms with E-state index in [4.69, 9.17) is 14.2 Å². The first-order valence-corrected chi connectivity index (χ1v) is 15.1. The monoisotopic (exact) mass is 624 g/mol. The van der Waals surface area contributed by atoms with Crippen LogP contribution in [0.5, 0.6) is 17.2 Å². The van der Waals surface area contributed by atoms with E-state index in [9.17, 15) is 39.7 Å². The summed E-state index contributed by atoms with van der Waals surface area (Å²) in [5.41, 5.74) is -1.30. The fraction of sp³-hybridized carbons (Fsp3) is 0.500. The number of phenols is 2. The highest BCUT2D eigenvalue weighted by Crippen LogP contribution is 2.52. The first-order valence-electron chi connectivity index (χ1n) is 15.1. The van der Waals surface area contributed by atoms with Gasteiger partial charge in [0.15, 0.2) is 23.6 Å². The average Bonchev–Trinajstić information content (AvgIpc) is 3.02. The van der Waals surface area contributed by atoms with E-state index in [-0.39, 0.29) is 47.6 Å². The Hall–Kier alpha value is -3.72. The lowest BCUT2D eigenvalue weighted by Gasteiger charge is -2.41. The van der Waals surface area contributed by atoms with Gasteiger partial charge in [-0.1, -0.05) is 18.6 Å². The second-order valence-corrected chi connectivity index (χ2v) is 12.2. The average molecular weight is 625 g/mol. The summed E-state index contributed by atoms with van der Waals surface area (Å²) < 4.78 is 17.8. The Labute approximate surface area is 258 Å². The van der Waals surface area contributed by atoms with Crippen molar-refractivity contribution < 1.29 is 53.9 Å². The number of Topliss-reactive ketones (excluding diaryl/α,β-unsaturated/α-hetero) is 2. The SMILES string of the molecule is CC(=O)[C@]1(O)Cc2c(O)c3c(c(O)c2[C@@H](OC2CC(NO)C(=O)C(C)O2)C1)C(=O)c1c(OCN2CCCCC2)cccc1C3=O. The summed E-state index contributed by atoms with van der Waals surface area (Å²) in [6, 6.07) is 3.55. The molecule has 4 aliphatic rings. The van der Waals surface area contributed by atoms with Crippen LogP contribution in [-0.2, 0) is 25.5 Å². The minimum atomic E-state index is -2.06. The van der Waals surface area contributed by atoms with Gasteiger partial charge in [-0.15, -0.1) is 0 Å². The van der Waals surface area contributed by atoms with E-state index in [2.05, 4.69) is 4.90 Å². The van der Waals surface area contributed by atoms with Gasteiger partial charge in [-0.2, -0.15) is 5.48 Å². The Morgan fingerprint density at radius 2 is 1.78 bits per heavy atom. The number of likely N-dealkylation sites (tertiary alicyclic amines) is 1. The summed E-state index contributed by atoms with van der Waals surface area (Å²) in [6.45, 7) is 4.52. The molecule has 0 aromatic heterocycles. The lowest BCUT2D eigenvalue weighted by atomic mass is 9.72. The van der Waals surface area contributed by atoms with Gasteiger partial charge in [0, 0.05) is 49.0 Å². The van der Waals surface area contributed by atoms with Crippen molar-refractivity contribution in [1.82, 2.24) is 10.4 Å². The van der Waals surface area contributed by atoms with Gasteiger partial charge in [0.05, 0.1) is 28.8 Å². The number of aromatic hydroxyl groups is 2.